The van der Waals surface area contributed by atoms with Crippen molar-refractivity contribution >= 4 is 47.3 Å². The molecule has 5 nitrogen and oxygen atoms in total. The molecule has 1 heterocycles. The van der Waals surface area contributed by atoms with Gasteiger partial charge in [-0.2, -0.15) is 0 Å². The summed E-state index contributed by atoms with van der Waals surface area (Å²) >= 11 is 9.35. The molecule has 1 aromatic carbocycles. The standard InChI is InChI=1S/C9H6BrCl2N3O2S/c1-15-8(13-14-9(15)18(12,16)17)6-3-2-5(10)4-7(6)11/h2-4H,1H3. The molecule has 2 aromatic rings. The van der Waals surface area contributed by atoms with Crippen LogP contribution in [0.2, 0.25) is 5.02 Å². The molecule has 0 saturated heterocycles. The van der Waals surface area contributed by atoms with E-state index in [9.17, 15) is 8.42 Å². The number of halogens is 3. The van der Waals surface area contributed by atoms with Crippen LogP contribution in [0.5, 0.6) is 0 Å². The summed E-state index contributed by atoms with van der Waals surface area (Å²) in [7, 11) is 2.81. The second kappa shape index (κ2) is 4.80. The van der Waals surface area contributed by atoms with Crippen molar-refractivity contribution in [2.45, 2.75) is 5.16 Å². The summed E-state index contributed by atoms with van der Waals surface area (Å²) in [6, 6.07) is 5.16. The van der Waals surface area contributed by atoms with Gasteiger partial charge in [0.2, 0.25) is 0 Å². The first-order chi connectivity index (χ1) is 8.30. The van der Waals surface area contributed by atoms with E-state index in [0.29, 0.717) is 16.4 Å². The van der Waals surface area contributed by atoms with E-state index in [1.54, 1.807) is 18.2 Å². The molecule has 96 valence electrons. The number of benzene rings is 1. The van der Waals surface area contributed by atoms with Crippen LogP contribution in [0.3, 0.4) is 0 Å². The van der Waals surface area contributed by atoms with Crippen molar-refractivity contribution in [2.24, 2.45) is 7.05 Å². The lowest BCUT2D eigenvalue weighted by molar-refractivity contribution is 0.593. The SMILES string of the molecule is Cn1c(-c2ccc(Br)cc2Cl)nnc1S(=O)(=O)Cl. The smallest absolute Gasteiger partial charge is 0.296 e. The van der Waals surface area contributed by atoms with E-state index in [2.05, 4.69) is 26.1 Å². The summed E-state index contributed by atoms with van der Waals surface area (Å²) in [6.07, 6.45) is 0. The lowest BCUT2D eigenvalue weighted by Gasteiger charge is -2.04. The van der Waals surface area contributed by atoms with Crippen LogP contribution in [-0.4, -0.2) is 23.2 Å². The van der Waals surface area contributed by atoms with E-state index in [0.717, 1.165) is 4.47 Å². The minimum atomic E-state index is -3.93. The highest BCUT2D eigenvalue weighted by Crippen LogP contribution is 2.30. The van der Waals surface area contributed by atoms with Gasteiger partial charge in [-0.15, -0.1) is 10.2 Å². The molecule has 0 bridgehead atoms. The second-order valence-electron chi connectivity index (χ2n) is 3.43. The van der Waals surface area contributed by atoms with Crippen LogP contribution in [0.1, 0.15) is 0 Å². The molecule has 0 spiro atoms. The van der Waals surface area contributed by atoms with E-state index < -0.39 is 9.05 Å². The van der Waals surface area contributed by atoms with E-state index in [4.69, 9.17) is 22.3 Å². The normalized spacial score (nSPS) is 11.8. The molecule has 0 aliphatic heterocycles. The van der Waals surface area contributed by atoms with Gasteiger partial charge in [-0.05, 0) is 18.2 Å². The van der Waals surface area contributed by atoms with Gasteiger partial charge in [0.15, 0.2) is 5.82 Å². The average molecular weight is 371 g/mol. The molecule has 0 aliphatic carbocycles. The fourth-order valence-corrected chi connectivity index (χ4v) is 3.15. The minimum absolute atomic E-state index is 0.321. The Balaban J connectivity index is 2.63. The maximum absolute atomic E-state index is 11.2. The summed E-state index contributed by atoms with van der Waals surface area (Å²) in [5, 5.41) is 7.45. The molecule has 0 unspecified atom stereocenters. The highest BCUT2D eigenvalue weighted by atomic mass is 79.9. The molecular formula is C9H6BrCl2N3O2S. The van der Waals surface area contributed by atoms with Gasteiger partial charge in [0.25, 0.3) is 14.2 Å². The van der Waals surface area contributed by atoms with E-state index in [-0.39, 0.29) is 5.16 Å². The number of hydrogen-bond donors (Lipinski definition) is 0. The molecule has 0 atom stereocenters. The fraction of sp³-hybridized carbons (Fsp3) is 0.111. The maximum Gasteiger partial charge on any atom is 0.296 e. The van der Waals surface area contributed by atoms with Crippen molar-refractivity contribution in [3.63, 3.8) is 0 Å². The van der Waals surface area contributed by atoms with Gasteiger partial charge in [0.1, 0.15) is 0 Å². The predicted molar refractivity (Wildman–Crippen MR) is 72.2 cm³/mol. The molecule has 18 heavy (non-hydrogen) atoms. The lowest BCUT2D eigenvalue weighted by Crippen LogP contribution is -2.03. The maximum atomic E-state index is 11.2. The predicted octanol–water partition coefficient (Wildman–Crippen LogP) is 2.83. The molecule has 0 amide bonds. The third-order valence-corrected chi connectivity index (χ3v) is 4.24. The van der Waals surface area contributed by atoms with Gasteiger partial charge in [0, 0.05) is 27.8 Å². The molecule has 0 aliphatic rings. The van der Waals surface area contributed by atoms with Gasteiger partial charge >= 0.3 is 0 Å². The molecule has 1 aromatic heterocycles. The van der Waals surface area contributed by atoms with E-state index in [1.165, 1.54) is 11.6 Å². The van der Waals surface area contributed by atoms with Gasteiger partial charge < -0.3 is 0 Å². The molecule has 9 heteroatoms. The van der Waals surface area contributed by atoms with E-state index >= 15 is 0 Å². The Hall–Kier alpha value is -0.630. The zero-order valence-electron chi connectivity index (χ0n) is 8.93. The first-order valence-corrected chi connectivity index (χ1v) is 8.08. The number of rotatable bonds is 2. The van der Waals surface area contributed by atoms with Crippen molar-refractivity contribution in [3.05, 3.63) is 27.7 Å². The van der Waals surface area contributed by atoms with Crippen LogP contribution < -0.4 is 0 Å². The Morgan fingerprint density at radius 2 is 2.00 bits per heavy atom. The summed E-state index contributed by atoms with van der Waals surface area (Å²) in [5.41, 5.74) is 0.571. The van der Waals surface area contributed by atoms with Crippen molar-refractivity contribution < 1.29 is 8.42 Å². The molecule has 0 N–H and O–H groups in total. The van der Waals surface area contributed by atoms with Gasteiger partial charge in [-0.25, -0.2) is 8.42 Å². The van der Waals surface area contributed by atoms with Gasteiger partial charge in [0.05, 0.1) is 5.02 Å². The van der Waals surface area contributed by atoms with Crippen LogP contribution in [-0.2, 0) is 16.1 Å². The Bertz CT molecular complexity index is 715. The van der Waals surface area contributed by atoms with Crippen molar-refractivity contribution in [1.29, 1.82) is 0 Å². The van der Waals surface area contributed by atoms with Gasteiger partial charge in [-0.3, -0.25) is 4.57 Å². The molecule has 2 rings (SSSR count). The topological polar surface area (TPSA) is 64.8 Å². The summed E-state index contributed by atoms with van der Waals surface area (Å²) in [4.78, 5) is 0. The number of nitrogens with zero attached hydrogens (tertiary/aromatic N) is 3. The lowest BCUT2D eigenvalue weighted by atomic mass is 10.2. The summed E-state index contributed by atoms with van der Waals surface area (Å²) in [6.45, 7) is 0. The zero-order valence-corrected chi connectivity index (χ0v) is 12.8. The Morgan fingerprint density at radius 1 is 1.33 bits per heavy atom. The van der Waals surface area contributed by atoms with Crippen LogP contribution in [0.25, 0.3) is 11.4 Å². The van der Waals surface area contributed by atoms with Crippen LogP contribution in [0, 0.1) is 0 Å². The Labute approximate surface area is 121 Å². The van der Waals surface area contributed by atoms with E-state index in [1.807, 2.05) is 0 Å². The average Bonchev–Trinajstić information content (AvgIpc) is 2.60. The number of aromatic nitrogens is 3. The van der Waals surface area contributed by atoms with Gasteiger partial charge in [-0.1, -0.05) is 27.5 Å². The van der Waals surface area contributed by atoms with Crippen molar-refractivity contribution in [3.8, 4) is 11.4 Å². The number of hydrogen-bond acceptors (Lipinski definition) is 4. The van der Waals surface area contributed by atoms with Crippen LogP contribution in [0.4, 0.5) is 0 Å². The Morgan fingerprint density at radius 3 is 2.50 bits per heavy atom. The summed E-state index contributed by atoms with van der Waals surface area (Å²) in [5.74, 6) is 0.326. The van der Waals surface area contributed by atoms with Crippen molar-refractivity contribution in [2.75, 3.05) is 0 Å². The fourth-order valence-electron chi connectivity index (χ4n) is 1.43. The van der Waals surface area contributed by atoms with Crippen LogP contribution in [0.15, 0.2) is 27.8 Å². The first kappa shape index (κ1) is 13.8. The molecule has 0 saturated carbocycles. The Kier molecular flexibility index (Phi) is 3.68. The second-order valence-corrected chi connectivity index (χ2v) is 7.21. The van der Waals surface area contributed by atoms with Crippen LogP contribution >= 0.6 is 38.2 Å². The molecule has 0 radical (unpaired) electrons. The molecule has 0 fully saturated rings. The zero-order chi connectivity index (χ0) is 13.5. The summed E-state index contributed by atoms with van der Waals surface area (Å²) < 4.78 is 24.6. The third kappa shape index (κ3) is 2.54. The first-order valence-electron chi connectivity index (χ1n) is 4.60. The minimum Gasteiger partial charge on any atom is -0.300 e. The van der Waals surface area contributed by atoms with Crippen molar-refractivity contribution in [1.82, 2.24) is 14.8 Å². The largest absolute Gasteiger partial charge is 0.300 e. The monoisotopic (exact) mass is 369 g/mol. The highest BCUT2D eigenvalue weighted by molar-refractivity contribution is 9.10. The quantitative estimate of drug-likeness (QED) is 0.762. The highest BCUT2D eigenvalue weighted by Gasteiger charge is 2.21. The third-order valence-electron chi connectivity index (χ3n) is 2.23. The molecular weight excluding hydrogens is 365 g/mol.